The quantitative estimate of drug-likeness (QED) is 0.355. The monoisotopic (exact) mass is 431 g/mol. The molecule has 0 saturated carbocycles. The third kappa shape index (κ3) is 4.02. The van der Waals surface area contributed by atoms with Gasteiger partial charge in [-0.05, 0) is 48.1 Å². The second-order valence-corrected chi connectivity index (χ2v) is 8.08. The Balaban J connectivity index is 1.68. The van der Waals surface area contributed by atoms with Crippen molar-refractivity contribution in [1.29, 1.82) is 0 Å². The summed E-state index contributed by atoms with van der Waals surface area (Å²) in [7, 11) is 1.61. The van der Waals surface area contributed by atoms with E-state index in [1.54, 1.807) is 7.11 Å². The zero-order valence-electron chi connectivity index (χ0n) is 16.3. The maximum atomic E-state index is 12.1. The predicted molar refractivity (Wildman–Crippen MR) is 116 cm³/mol. The number of halogens is 2. The van der Waals surface area contributed by atoms with Crippen LogP contribution < -0.4 is 4.74 Å². The van der Waals surface area contributed by atoms with Crippen LogP contribution in [0.3, 0.4) is 0 Å². The number of fused-ring (bicyclic) bond motifs is 3. The van der Waals surface area contributed by atoms with Crippen LogP contribution in [-0.2, 0) is 29.1 Å². The Morgan fingerprint density at radius 2 is 2.03 bits per heavy atom. The molecule has 4 nitrogen and oxygen atoms in total. The molecule has 1 aliphatic carbocycles. The predicted octanol–water partition coefficient (Wildman–Crippen LogP) is 5.71. The van der Waals surface area contributed by atoms with Crippen molar-refractivity contribution in [3.8, 4) is 5.75 Å². The number of ether oxygens (including phenoxy) is 2. The summed E-state index contributed by atoms with van der Waals surface area (Å²) in [5.74, 6) is 0.367. The lowest BCUT2D eigenvalue weighted by Crippen LogP contribution is -2.17. The van der Waals surface area contributed by atoms with Gasteiger partial charge in [-0.1, -0.05) is 41.9 Å². The molecule has 0 amide bonds. The zero-order chi connectivity index (χ0) is 20.4. The largest absolute Gasteiger partial charge is 0.497 e. The molecule has 0 fully saturated rings. The number of benzene rings is 2. The lowest BCUT2D eigenvalue weighted by molar-refractivity contribution is -0.113. The molecule has 0 spiro atoms. The highest BCUT2D eigenvalue weighted by atomic mass is 35.5. The van der Waals surface area contributed by atoms with Crippen LogP contribution in [0.4, 0.5) is 0 Å². The summed E-state index contributed by atoms with van der Waals surface area (Å²) < 4.78 is 13.5. The zero-order valence-corrected chi connectivity index (χ0v) is 17.8. The van der Waals surface area contributed by atoms with Gasteiger partial charge in [0.2, 0.25) is 5.24 Å². The molecule has 1 atom stereocenters. The molecule has 152 valence electrons. The van der Waals surface area contributed by atoms with Gasteiger partial charge in [0, 0.05) is 23.7 Å². The molecule has 0 radical (unpaired) electrons. The van der Waals surface area contributed by atoms with Crippen molar-refractivity contribution in [3.63, 3.8) is 0 Å². The SMILES string of the molecule is COc1cc(Cl)c2c(c1)c1c(n2CCOCc2ccccc2)CCCC1C(=O)Cl. The Morgan fingerprint density at radius 3 is 2.76 bits per heavy atom. The molecule has 0 aliphatic heterocycles. The molecule has 1 aliphatic rings. The van der Waals surface area contributed by atoms with Crippen molar-refractivity contribution in [2.45, 2.75) is 38.3 Å². The van der Waals surface area contributed by atoms with E-state index in [0.717, 1.165) is 47.0 Å². The minimum Gasteiger partial charge on any atom is -0.497 e. The van der Waals surface area contributed by atoms with Crippen LogP contribution in [0.1, 0.15) is 35.6 Å². The normalized spacial score (nSPS) is 16.0. The Labute approximate surface area is 180 Å². The summed E-state index contributed by atoms with van der Waals surface area (Å²) in [5.41, 5.74) is 4.19. The number of carbonyl (C=O) groups is 1. The molecular weight excluding hydrogens is 409 g/mol. The average Bonchev–Trinajstić information content (AvgIpc) is 3.06. The van der Waals surface area contributed by atoms with Gasteiger partial charge >= 0.3 is 0 Å². The van der Waals surface area contributed by atoms with E-state index < -0.39 is 0 Å². The van der Waals surface area contributed by atoms with Gasteiger partial charge in [-0.15, -0.1) is 0 Å². The summed E-state index contributed by atoms with van der Waals surface area (Å²) in [6.45, 7) is 1.77. The van der Waals surface area contributed by atoms with E-state index in [4.69, 9.17) is 32.7 Å². The van der Waals surface area contributed by atoms with E-state index in [9.17, 15) is 4.79 Å². The summed E-state index contributed by atoms with van der Waals surface area (Å²) in [4.78, 5) is 12.1. The van der Waals surface area contributed by atoms with Crippen molar-refractivity contribution >= 4 is 39.3 Å². The number of carbonyl (C=O) groups excluding carboxylic acids is 1. The Morgan fingerprint density at radius 1 is 1.24 bits per heavy atom. The fourth-order valence-corrected chi connectivity index (χ4v) is 4.81. The van der Waals surface area contributed by atoms with Crippen molar-refractivity contribution in [1.82, 2.24) is 4.57 Å². The molecule has 0 N–H and O–H groups in total. The van der Waals surface area contributed by atoms with E-state index in [1.165, 1.54) is 0 Å². The van der Waals surface area contributed by atoms with E-state index in [-0.39, 0.29) is 11.2 Å². The lowest BCUT2D eigenvalue weighted by atomic mass is 9.86. The Bertz CT molecular complexity index is 1030. The van der Waals surface area contributed by atoms with Crippen LogP contribution in [0.2, 0.25) is 5.02 Å². The molecule has 6 heteroatoms. The van der Waals surface area contributed by atoms with Gasteiger partial charge in [0.1, 0.15) is 5.75 Å². The van der Waals surface area contributed by atoms with Gasteiger partial charge in [-0.25, -0.2) is 0 Å². The minimum absolute atomic E-state index is 0.308. The molecule has 2 aromatic carbocycles. The van der Waals surface area contributed by atoms with Crippen LogP contribution in [-0.4, -0.2) is 23.5 Å². The Kier molecular flexibility index (Phi) is 6.14. The standard InChI is InChI=1S/C23H23Cl2NO3/c1-28-16-12-18-21-17(23(25)27)8-5-9-20(21)26(22(18)19(24)13-16)10-11-29-14-15-6-3-2-4-7-15/h2-4,6-7,12-13,17H,5,8-11,14H2,1H3. The summed E-state index contributed by atoms with van der Waals surface area (Å²) in [6, 6.07) is 13.9. The van der Waals surface area contributed by atoms with Gasteiger partial charge in [-0.2, -0.15) is 0 Å². The number of hydrogen-bond acceptors (Lipinski definition) is 3. The number of hydrogen-bond donors (Lipinski definition) is 0. The van der Waals surface area contributed by atoms with Crippen LogP contribution in [0.25, 0.3) is 10.9 Å². The molecule has 1 heterocycles. The van der Waals surface area contributed by atoms with Gasteiger partial charge < -0.3 is 14.0 Å². The molecule has 3 aromatic rings. The maximum absolute atomic E-state index is 12.1. The van der Waals surface area contributed by atoms with Gasteiger partial charge in [0.25, 0.3) is 0 Å². The second kappa shape index (κ2) is 8.78. The first-order valence-corrected chi connectivity index (χ1v) is 10.5. The van der Waals surface area contributed by atoms with Crippen molar-refractivity contribution < 1.29 is 14.3 Å². The topological polar surface area (TPSA) is 40.5 Å². The number of nitrogens with zero attached hydrogens (tertiary/aromatic N) is 1. The maximum Gasteiger partial charge on any atom is 0.229 e. The number of rotatable bonds is 7. The van der Waals surface area contributed by atoms with Gasteiger partial charge in [-0.3, -0.25) is 4.79 Å². The molecule has 0 saturated heterocycles. The summed E-state index contributed by atoms with van der Waals surface area (Å²) in [6.07, 6.45) is 2.57. The van der Waals surface area contributed by atoms with E-state index in [2.05, 4.69) is 4.57 Å². The smallest absolute Gasteiger partial charge is 0.229 e. The first-order chi connectivity index (χ1) is 14.1. The number of aromatic nitrogens is 1. The van der Waals surface area contributed by atoms with Crippen LogP contribution in [0.15, 0.2) is 42.5 Å². The third-order valence-electron chi connectivity index (χ3n) is 5.57. The minimum atomic E-state index is -0.315. The van der Waals surface area contributed by atoms with E-state index >= 15 is 0 Å². The molecule has 29 heavy (non-hydrogen) atoms. The fraction of sp³-hybridized carbons (Fsp3) is 0.348. The van der Waals surface area contributed by atoms with E-state index in [0.29, 0.717) is 30.5 Å². The highest BCUT2D eigenvalue weighted by Crippen LogP contribution is 2.43. The first-order valence-electron chi connectivity index (χ1n) is 9.79. The summed E-state index contributed by atoms with van der Waals surface area (Å²) >= 11 is 12.6. The average molecular weight is 432 g/mol. The fourth-order valence-electron chi connectivity index (χ4n) is 4.28. The second-order valence-electron chi connectivity index (χ2n) is 7.30. The van der Waals surface area contributed by atoms with E-state index in [1.807, 2.05) is 42.5 Å². The van der Waals surface area contributed by atoms with Crippen molar-refractivity contribution in [2.75, 3.05) is 13.7 Å². The highest BCUT2D eigenvalue weighted by Gasteiger charge is 2.32. The van der Waals surface area contributed by atoms with Gasteiger partial charge in [0.05, 0.1) is 36.8 Å². The third-order valence-corrected chi connectivity index (χ3v) is 6.12. The molecule has 0 bridgehead atoms. The Hall–Kier alpha value is -2.01. The molecule has 4 rings (SSSR count). The number of methoxy groups -OCH3 is 1. The van der Waals surface area contributed by atoms with Crippen LogP contribution in [0, 0.1) is 0 Å². The van der Waals surface area contributed by atoms with Crippen molar-refractivity contribution in [2.24, 2.45) is 0 Å². The molecular formula is C23H23Cl2NO3. The molecule has 1 aromatic heterocycles. The van der Waals surface area contributed by atoms with Crippen LogP contribution in [0.5, 0.6) is 5.75 Å². The lowest BCUT2D eigenvalue weighted by Gasteiger charge is -2.21. The molecule has 1 unspecified atom stereocenters. The van der Waals surface area contributed by atoms with Crippen molar-refractivity contribution in [3.05, 3.63) is 64.3 Å². The van der Waals surface area contributed by atoms with Gasteiger partial charge in [0.15, 0.2) is 0 Å². The highest BCUT2D eigenvalue weighted by molar-refractivity contribution is 6.64. The first kappa shape index (κ1) is 20.3. The summed E-state index contributed by atoms with van der Waals surface area (Å²) in [5, 5.41) is 1.24. The van der Waals surface area contributed by atoms with Crippen LogP contribution >= 0.6 is 23.2 Å².